The summed E-state index contributed by atoms with van der Waals surface area (Å²) in [5.74, 6) is -0.0516. The molecule has 4 rings (SSSR count). The number of hydrogen-bond acceptors (Lipinski definition) is 4. The Morgan fingerprint density at radius 1 is 1.19 bits per heavy atom. The first kappa shape index (κ1) is 18.0. The third-order valence-corrected chi connectivity index (χ3v) is 5.95. The lowest BCUT2D eigenvalue weighted by Crippen LogP contribution is -2.33. The molecule has 0 aliphatic carbocycles. The molecular formula is C22H23N3OS. The topological polar surface area (TPSA) is 45.2 Å². The zero-order valence-electron chi connectivity index (χ0n) is 15.7. The number of aromatic nitrogens is 1. The number of nitrogens with one attached hydrogen (secondary N) is 1. The second kappa shape index (κ2) is 7.71. The molecule has 1 aliphatic rings. The first-order valence-corrected chi connectivity index (χ1v) is 10.5. The number of likely N-dealkylation sites (N-methyl/N-ethyl adjacent to an activating group) is 1. The number of rotatable bonds is 4. The number of fused-ring (bicyclic) bond motifs is 2. The Kier molecular flexibility index (Phi) is 5.14. The van der Waals surface area contributed by atoms with E-state index in [-0.39, 0.29) is 5.91 Å². The number of amides is 1. The number of benzene rings is 2. The molecule has 2 heterocycles. The Labute approximate surface area is 164 Å². The fraction of sp³-hybridized carbons (Fsp3) is 0.273. The van der Waals surface area contributed by atoms with Crippen LogP contribution in [-0.4, -0.2) is 35.1 Å². The third-order valence-electron chi connectivity index (χ3n) is 5.15. The quantitative estimate of drug-likeness (QED) is 0.676. The number of carbonyl (C=O) groups is 1. The van der Waals surface area contributed by atoms with Crippen LogP contribution in [0.5, 0.6) is 0 Å². The molecular weight excluding hydrogens is 354 g/mol. The molecule has 1 aliphatic heterocycles. The normalized spacial score (nSPS) is 14.1. The Balaban J connectivity index is 1.83. The maximum Gasteiger partial charge on any atom is 0.256 e. The minimum atomic E-state index is -0.0516. The molecule has 3 aromatic rings. The zero-order valence-corrected chi connectivity index (χ0v) is 16.5. The highest BCUT2D eigenvalue weighted by molar-refractivity contribution is 7.98. The number of para-hydroxylation sites is 2. The van der Waals surface area contributed by atoms with Crippen LogP contribution in [0.25, 0.3) is 10.9 Å². The van der Waals surface area contributed by atoms with Gasteiger partial charge in [0.05, 0.1) is 16.8 Å². The standard InChI is InChI=1S/C22H23N3OS/c1-3-25-13-12-18-16(14-25)21(15-8-4-5-9-17(15)23-18)22(26)24-19-10-6-7-11-20(19)27-2/h4-11H,3,12-14H2,1-2H3,(H,24,26). The molecule has 0 saturated carbocycles. The molecule has 2 aromatic carbocycles. The van der Waals surface area contributed by atoms with Crippen LogP contribution < -0.4 is 5.32 Å². The second-order valence-electron chi connectivity index (χ2n) is 6.70. The van der Waals surface area contributed by atoms with Gasteiger partial charge in [0, 0.05) is 41.0 Å². The lowest BCUT2D eigenvalue weighted by Gasteiger charge is -2.29. The predicted molar refractivity (Wildman–Crippen MR) is 113 cm³/mol. The summed E-state index contributed by atoms with van der Waals surface area (Å²) in [6.07, 6.45) is 2.91. The molecule has 1 N–H and O–H groups in total. The monoisotopic (exact) mass is 377 g/mol. The number of nitrogens with zero attached hydrogens (tertiary/aromatic N) is 2. The molecule has 0 bridgehead atoms. The Morgan fingerprint density at radius 3 is 2.78 bits per heavy atom. The van der Waals surface area contributed by atoms with Gasteiger partial charge in [0.25, 0.3) is 5.91 Å². The molecule has 4 nitrogen and oxygen atoms in total. The van der Waals surface area contributed by atoms with E-state index >= 15 is 0 Å². The fourth-order valence-corrected chi connectivity index (χ4v) is 4.26. The van der Waals surface area contributed by atoms with Crippen molar-refractivity contribution in [3.05, 3.63) is 65.4 Å². The molecule has 5 heteroatoms. The third kappa shape index (κ3) is 3.45. The minimum Gasteiger partial charge on any atom is -0.321 e. The summed E-state index contributed by atoms with van der Waals surface area (Å²) >= 11 is 1.63. The van der Waals surface area contributed by atoms with Crippen LogP contribution in [0.3, 0.4) is 0 Å². The van der Waals surface area contributed by atoms with Crippen molar-refractivity contribution in [3.63, 3.8) is 0 Å². The van der Waals surface area contributed by atoms with Crippen LogP contribution >= 0.6 is 11.8 Å². The highest BCUT2D eigenvalue weighted by Gasteiger charge is 2.25. The molecule has 1 amide bonds. The summed E-state index contributed by atoms with van der Waals surface area (Å²) < 4.78 is 0. The van der Waals surface area contributed by atoms with Crippen molar-refractivity contribution in [1.29, 1.82) is 0 Å². The maximum absolute atomic E-state index is 13.4. The Morgan fingerprint density at radius 2 is 1.96 bits per heavy atom. The van der Waals surface area contributed by atoms with Gasteiger partial charge in [-0.05, 0) is 31.0 Å². The van der Waals surface area contributed by atoms with Crippen LogP contribution in [0.1, 0.15) is 28.5 Å². The van der Waals surface area contributed by atoms with Gasteiger partial charge in [-0.25, -0.2) is 0 Å². The average Bonchev–Trinajstić information content (AvgIpc) is 2.71. The van der Waals surface area contributed by atoms with Crippen molar-refractivity contribution in [1.82, 2.24) is 9.88 Å². The van der Waals surface area contributed by atoms with E-state index in [1.807, 2.05) is 54.8 Å². The summed E-state index contributed by atoms with van der Waals surface area (Å²) in [6.45, 7) is 4.90. The molecule has 0 radical (unpaired) electrons. The number of thioether (sulfide) groups is 1. The average molecular weight is 378 g/mol. The first-order chi connectivity index (χ1) is 13.2. The van der Waals surface area contributed by atoms with Crippen LogP contribution in [-0.2, 0) is 13.0 Å². The number of carbonyl (C=O) groups excluding carboxylic acids is 1. The Hall–Kier alpha value is -2.37. The van der Waals surface area contributed by atoms with E-state index in [0.29, 0.717) is 0 Å². The second-order valence-corrected chi connectivity index (χ2v) is 7.55. The van der Waals surface area contributed by atoms with E-state index in [1.165, 1.54) is 0 Å². The molecule has 138 valence electrons. The van der Waals surface area contributed by atoms with Crippen molar-refractivity contribution in [2.45, 2.75) is 24.8 Å². The predicted octanol–water partition coefficient (Wildman–Crippen LogP) is 4.59. The highest BCUT2D eigenvalue weighted by atomic mass is 32.2. The van der Waals surface area contributed by atoms with E-state index in [2.05, 4.69) is 17.1 Å². The summed E-state index contributed by atoms with van der Waals surface area (Å²) in [5.41, 5.74) is 4.64. The smallest absolute Gasteiger partial charge is 0.256 e. The van der Waals surface area contributed by atoms with Gasteiger partial charge in [-0.15, -0.1) is 11.8 Å². The van der Waals surface area contributed by atoms with Gasteiger partial charge in [0.1, 0.15) is 0 Å². The molecule has 0 saturated heterocycles. The summed E-state index contributed by atoms with van der Waals surface area (Å²) in [5, 5.41) is 4.07. The molecule has 0 atom stereocenters. The van der Waals surface area contributed by atoms with E-state index in [1.54, 1.807) is 11.8 Å². The van der Waals surface area contributed by atoms with Crippen molar-refractivity contribution < 1.29 is 4.79 Å². The van der Waals surface area contributed by atoms with Crippen LogP contribution in [0.15, 0.2) is 53.4 Å². The lowest BCUT2D eigenvalue weighted by atomic mass is 9.95. The molecule has 1 aromatic heterocycles. The molecule has 0 fully saturated rings. The van der Waals surface area contributed by atoms with Gasteiger partial charge in [0.15, 0.2) is 0 Å². The van der Waals surface area contributed by atoms with Gasteiger partial charge in [-0.1, -0.05) is 37.3 Å². The van der Waals surface area contributed by atoms with Gasteiger partial charge >= 0.3 is 0 Å². The van der Waals surface area contributed by atoms with Crippen LogP contribution in [0.2, 0.25) is 0 Å². The first-order valence-electron chi connectivity index (χ1n) is 9.28. The zero-order chi connectivity index (χ0) is 18.8. The van der Waals surface area contributed by atoms with Gasteiger partial charge in [-0.2, -0.15) is 0 Å². The lowest BCUT2D eigenvalue weighted by molar-refractivity contribution is 0.102. The number of anilines is 1. The molecule has 0 spiro atoms. The maximum atomic E-state index is 13.4. The van der Waals surface area contributed by atoms with Crippen molar-refractivity contribution in [2.24, 2.45) is 0 Å². The van der Waals surface area contributed by atoms with Crippen molar-refractivity contribution >= 4 is 34.3 Å². The Bertz CT molecular complexity index is 1000. The number of pyridine rings is 1. The van der Waals surface area contributed by atoms with Gasteiger partial charge in [0.2, 0.25) is 0 Å². The number of hydrogen-bond donors (Lipinski definition) is 1. The van der Waals surface area contributed by atoms with Crippen LogP contribution in [0.4, 0.5) is 5.69 Å². The van der Waals surface area contributed by atoms with Crippen molar-refractivity contribution in [2.75, 3.05) is 24.7 Å². The molecule has 0 unspecified atom stereocenters. The minimum absolute atomic E-state index is 0.0516. The fourth-order valence-electron chi connectivity index (χ4n) is 3.71. The van der Waals surface area contributed by atoms with E-state index in [9.17, 15) is 4.79 Å². The van der Waals surface area contributed by atoms with E-state index in [0.717, 1.165) is 64.4 Å². The summed E-state index contributed by atoms with van der Waals surface area (Å²) in [6, 6.07) is 15.9. The largest absolute Gasteiger partial charge is 0.321 e. The molecule has 27 heavy (non-hydrogen) atoms. The van der Waals surface area contributed by atoms with Crippen molar-refractivity contribution in [3.8, 4) is 0 Å². The highest BCUT2D eigenvalue weighted by Crippen LogP contribution is 2.30. The summed E-state index contributed by atoms with van der Waals surface area (Å²) in [7, 11) is 0. The van der Waals surface area contributed by atoms with Gasteiger partial charge in [-0.3, -0.25) is 14.7 Å². The van der Waals surface area contributed by atoms with E-state index < -0.39 is 0 Å². The van der Waals surface area contributed by atoms with Crippen LogP contribution in [0, 0.1) is 0 Å². The van der Waals surface area contributed by atoms with E-state index in [4.69, 9.17) is 4.98 Å². The summed E-state index contributed by atoms with van der Waals surface area (Å²) in [4.78, 5) is 21.7. The van der Waals surface area contributed by atoms with Gasteiger partial charge < -0.3 is 5.32 Å². The SMILES string of the molecule is CCN1CCc2nc3ccccc3c(C(=O)Nc3ccccc3SC)c2C1.